The smallest absolute Gasteiger partial charge is 0.335 e. The summed E-state index contributed by atoms with van der Waals surface area (Å²) in [6, 6.07) is 52.7. The lowest BCUT2D eigenvalue weighted by Crippen LogP contribution is -2.75. The van der Waals surface area contributed by atoms with Crippen molar-refractivity contribution >= 4 is 23.8 Å². The Labute approximate surface area is 375 Å². The molecule has 0 bridgehead atoms. The number of carbonyl (C=O) groups excluding carboxylic acids is 2. The summed E-state index contributed by atoms with van der Waals surface area (Å²) in [5.74, 6) is -4.69. The van der Waals surface area contributed by atoms with Gasteiger partial charge in [-0.05, 0) is 92.1 Å². The molecule has 7 rings (SSSR count). The molecular formula is C54H56N2O8+2. The molecule has 1 aliphatic carbocycles. The third-order valence-corrected chi connectivity index (χ3v) is 12.4. The molecule has 0 saturated heterocycles. The van der Waals surface area contributed by atoms with Crippen molar-refractivity contribution in [2.45, 2.75) is 59.3 Å². The Balaban J connectivity index is 1.36. The molecule has 2 amide bonds. The van der Waals surface area contributed by atoms with E-state index in [-0.39, 0.29) is 48.2 Å². The molecule has 10 heteroatoms. The van der Waals surface area contributed by atoms with Crippen LogP contribution in [0.3, 0.4) is 0 Å². The zero-order valence-electron chi connectivity index (χ0n) is 36.4. The quantitative estimate of drug-likeness (QED) is 0.0574. The maximum absolute atomic E-state index is 16.4. The molecule has 4 atom stereocenters. The van der Waals surface area contributed by atoms with Crippen molar-refractivity contribution < 1.29 is 47.8 Å². The molecule has 0 unspecified atom stereocenters. The molecule has 1 saturated carbocycles. The van der Waals surface area contributed by atoms with Gasteiger partial charge in [0.15, 0.2) is 0 Å². The first-order valence-corrected chi connectivity index (χ1v) is 22.0. The number of para-hydroxylation sites is 2. The number of nitrogens with zero attached hydrogens (tertiary/aromatic N) is 2. The average molecular weight is 861 g/mol. The number of carboxylic acids is 2. The second kappa shape index (κ2) is 20.1. The van der Waals surface area contributed by atoms with Crippen LogP contribution in [-0.2, 0) is 45.4 Å². The highest BCUT2D eigenvalue weighted by Gasteiger charge is 2.77. The van der Waals surface area contributed by atoms with Gasteiger partial charge in [0.1, 0.15) is 55.1 Å². The standard InChI is InChI=1S/C54H54N2O8/c1-3-33-55(36-40-17-9-5-10-18-40,38-42-25-29-46(30-26-42)63-44-21-13-7-14-22-44)52(61)54(35-48(50(57)58)49(54)51(59)60)53(62)56(34-4-2,37-41-19-11-6-12-20-41)39-43-27-31-47(32-28-43)64-45-23-15-8-16-24-45/h5-32,48-49H,3-4,33-39H2,1-2H3/p+2/t48-,49-,55-,56-/m1/s1. The lowest BCUT2D eigenvalue weighted by Gasteiger charge is -2.53. The Hall–Kier alpha value is -6.88. The molecule has 64 heavy (non-hydrogen) atoms. The summed E-state index contributed by atoms with van der Waals surface area (Å²) in [5.41, 5.74) is 1.01. The maximum Gasteiger partial charge on any atom is 0.335 e. The van der Waals surface area contributed by atoms with Crippen LogP contribution in [0, 0.1) is 17.3 Å². The first-order valence-electron chi connectivity index (χ1n) is 22.0. The van der Waals surface area contributed by atoms with Crippen LogP contribution in [0.5, 0.6) is 23.0 Å². The number of hydrogen-bond acceptors (Lipinski definition) is 6. The number of amides is 2. The second-order valence-corrected chi connectivity index (χ2v) is 17.0. The minimum absolute atomic E-state index is 0.127. The van der Waals surface area contributed by atoms with Gasteiger partial charge in [0, 0.05) is 22.3 Å². The first kappa shape index (κ1) is 45.2. The number of aliphatic carboxylic acids is 2. The van der Waals surface area contributed by atoms with E-state index in [0.717, 1.165) is 22.3 Å². The third-order valence-electron chi connectivity index (χ3n) is 12.4. The SMILES string of the molecule is CCC[N@@+](Cc1ccccc1)(Cc1ccc(Oc2ccccc2)cc1)C(=O)C1(C(=O)[N@+](CCC)(Cc2ccccc2)Cc2ccc(Oc3ccccc3)cc2)C[C@@H](C(=O)O)[C@@H]1C(=O)O. The van der Waals surface area contributed by atoms with E-state index in [2.05, 4.69) is 0 Å². The predicted octanol–water partition coefficient (Wildman–Crippen LogP) is 10.7. The predicted molar refractivity (Wildman–Crippen MR) is 244 cm³/mol. The van der Waals surface area contributed by atoms with Gasteiger partial charge in [0.25, 0.3) is 0 Å². The van der Waals surface area contributed by atoms with Gasteiger partial charge in [-0.2, -0.15) is 0 Å². The molecule has 1 fully saturated rings. The lowest BCUT2D eigenvalue weighted by atomic mass is 9.51. The van der Waals surface area contributed by atoms with Crippen LogP contribution in [-0.4, -0.2) is 56.0 Å². The van der Waals surface area contributed by atoms with Crippen molar-refractivity contribution in [3.63, 3.8) is 0 Å². The van der Waals surface area contributed by atoms with Crippen LogP contribution < -0.4 is 9.47 Å². The van der Waals surface area contributed by atoms with E-state index in [4.69, 9.17) is 9.47 Å². The Morgan fingerprint density at radius 3 is 1.09 bits per heavy atom. The minimum Gasteiger partial charge on any atom is -0.481 e. The Morgan fingerprint density at radius 1 is 0.469 bits per heavy atom. The van der Waals surface area contributed by atoms with Gasteiger partial charge in [-0.25, -0.2) is 9.59 Å². The summed E-state index contributed by atoms with van der Waals surface area (Å²) in [6.45, 7) is 5.03. The van der Waals surface area contributed by atoms with Crippen molar-refractivity contribution in [3.05, 3.63) is 192 Å². The molecule has 10 nitrogen and oxygen atoms in total. The number of benzene rings is 6. The van der Waals surface area contributed by atoms with Gasteiger partial charge < -0.3 is 19.7 Å². The van der Waals surface area contributed by atoms with E-state index in [1.165, 1.54) is 0 Å². The molecule has 6 aromatic rings. The molecule has 6 aromatic carbocycles. The monoisotopic (exact) mass is 860 g/mol. The van der Waals surface area contributed by atoms with Crippen LogP contribution in [0.25, 0.3) is 0 Å². The van der Waals surface area contributed by atoms with E-state index in [0.29, 0.717) is 35.8 Å². The Kier molecular flexibility index (Phi) is 14.2. The van der Waals surface area contributed by atoms with E-state index >= 15 is 9.59 Å². The van der Waals surface area contributed by atoms with Crippen molar-refractivity contribution in [2.75, 3.05) is 13.1 Å². The minimum atomic E-state index is -2.20. The summed E-state index contributed by atoms with van der Waals surface area (Å²) in [5, 5.41) is 21.7. The van der Waals surface area contributed by atoms with Gasteiger partial charge in [-0.3, -0.25) is 18.6 Å². The largest absolute Gasteiger partial charge is 0.481 e. The maximum atomic E-state index is 16.4. The van der Waals surface area contributed by atoms with E-state index < -0.39 is 47.4 Å². The lowest BCUT2D eigenvalue weighted by molar-refractivity contribution is -0.895. The number of hydrogen-bond donors (Lipinski definition) is 2. The zero-order chi connectivity index (χ0) is 45.2. The van der Waals surface area contributed by atoms with Crippen molar-refractivity contribution in [1.29, 1.82) is 0 Å². The summed E-state index contributed by atoms with van der Waals surface area (Å²) in [6.07, 6.45) is 0.616. The first-order chi connectivity index (χ1) is 31.0. The number of carboxylic acid groups (broad SMARTS) is 2. The topological polar surface area (TPSA) is 127 Å². The Bertz CT molecular complexity index is 2350. The van der Waals surface area contributed by atoms with E-state index in [1.807, 2.05) is 184 Å². The van der Waals surface area contributed by atoms with Crippen molar-refractivity contribution in [1.82, 2.24) is 0 Å². The molecule has 0 aliphatic heterocycles. The van der Waals surface area contributed by atoms with Crippen molar-refractivity contribution in [3.8, 4) is 23.0 Å². The number of quaternary nitrogens is 2. The van der Waals surface area contributed by atoms with E-state index in [1.54, 1.807) is 0 Å². The molecule has 0 spiro atoms. The zero-order valence-corrected chi connectivity index (χ0v) is 36.4. The fraction of sp³-hybridized carbons (Fsp3) is 0.259. The van der Waals surface area contributed by atoms with Crippen LogP contribution in [0.4, 0.5) is 0 Å². The van der Waals surface area contributed by atoms with Gasteiger partial charge in [0.05, 0.1) is 19.0 Å². The van der Waals surface area contributed by atoms with Crippen LogP contribution >= 0.6 is 0 Å². The summed E-state index contributed by atoms with van der Waals surface area (Å²) < 4.78 is 11.6. The van der Waals surface area contributed by atoms with Crippen molar-refractivity contribution in [2.24, 2.45) is 17.3 Å². The third kappa shape index (κ3) is 9.84. The highest BCUT2D eigenvalue weighted by molar-refractivity contribution is 6.07. The van der Waals surface area contributed by atoms with Crippen LogP contribution in [0.2, 0.25) is 0 Å². The molecule has 2 N–H and O–H groups in total. The Morgan fingerprint density at radius 2 is 0.781 bits per heavy atom. The summed E-state index contributed by atoms with van der Waals surface area (Å²) in [7, 11) is 0. The summed E-state index contributed by atoms with van der Waals surface area (Å²) in [4.78, 5) is 59.5. The van der Waals surface area contributed by atoms with Gasteiger partial charge in [-0.1, -0.05) is 111 Å². The molecule has 0 heterocycles. The molecule has 328 valence electrons. The average Bonchev–Trinajstić information content (AvgIpc) is 3.28. The normalized spacial score (nSPS) is 17.2. The molecular weight excluding hydrogens is 805 g/mol. The fourth-order valence-corrected chi connectivity index (χ4v) is 9.68. The number of rotatable bonds is 20. The highest BCUT2D eigenvalue weighted by Crippen LogP contribution is 2.57. The fourth-order valence-electron chi connectivity index (χ4n) is 9.68. The van der Waals surface area contributed by atoms with Gasteiger partial charge in [0.2, 0.25) is 5.41 Å². The molecule has 0 radical (unpaired) electrons. The van der Waals surface area contributed by atoms with Gasteiger partial charge in [-0.15, -0.1) is 0 Å². The number of carbonyl (C=O) groups is 4. The van der Waals surface area contributed by atoms with E-state index in [9.17, 15) is 19.8 Å². The second-order valence-electron chi connectivity index (χ2n) is 17.0. The number of ether oxygens (including phenoxy) is 2. The highest BCUT2D eigenvalue weighted by atomic mass is 16.5. The summed E-state index contributed by atoms with van der Waals surface area (Å²) >= 11 is 0. The van der Waals surface area contributed by atoms with Gasteiger partial charge >= 0.3 is 23.8 Å². The molecule has 1 aliphatic rings. The van der Waals surface area contributed by atoms with Crippen LogP contribution in [0.15, 0.2) is 170 Å². The molecule has 0 aromatic heterocycles. The van der Waals surface area contributed by atoms with Crippen LogP contribution in [0.1, 0.15) is 55.4 Å².